The summed E-state index contributed by atoms with van der Waals surface area (Å²) in [6.45, 7) is 5.12. The van der Waals surface area contributed by atoms with Crippen LogP contribution in [0.25, 0.3) is 0 Å². The van der Waals surface area contributed by atoms with Crippen LogP contribution in [-0.4, -0.2) is 22.1 Å². The third-order valence-electron chi connectivity index (χ3n) is 3.10. The van der Waals surface area contributed by atoms with Crippen LogP contribution in [0.4, 0.5) is 5.82 Å². The number of unbranched alkanes of at least 4 members (excludes halogenated alkanes) is 5. The van der Waals surface area contributed by atoms with Gasteiger partial charge in [0.05, 0.1) is 12.9 Å². The summed E-state index contributed by atoms with van der Waals surface area (Å²) in [5.74, 6) is -0.0336. The topological polar surface area (TPSA) is 70.1 Å². The molecule has 0 fully saturated rings. The predicted molar refractivity (Wildman–Crippen MR) is 76.0 cm³/mol. The number of nitrogens with zero attached hydrogens (tertiary/aromatic N) is 2. The second-order valence-corrected chi connectivity index (χ2v) is 4.66. The third-order valence-corrected chi connectivity index (χ3v) is 3.10. The molecule has 0 aliphatic rings. The molecule has 1 heterocycles. The van der Waals surface area contributed by atoms with Gasteiger partial charge >= 0.3 is 5.97 Å². The molecule has 1 aromatic heterocycles. The number of hydrogen-bond acceptors (Lipinski definition) is 4. The first kappa shape index (κ1) is 15.5. The summed E-state index contributed by atoms with van der Waals surface area (Å²) in [6, 6.07) is 0. The number of carbonyl (C=O) groups excluding carboxylic acids is 1. The number of esters is 1. The zero-order valence-corrected chi connectivity index (χ0v) is 12.0. The Morgan fingerprint density at radius 3 is 2.63 bits per heavy atom. The van der Waals surface area contributed by atoms with E-state index in [9.17, 15) is 4.79 Å². The zero-order chi connectivity index (χ0) is 14.1. The molecule has 0 atom stereocenters. The molecule has 0 spiro atoms. The maximum atomic E-state index is 11.5. The Labute approximate surface area is 115 Å². The number of carbonyl (C=O) groups is 1. The summed E-state index contributed by atoms with van der Waals surface area (Å²) < 4.78 is 6.72. The van der Waals surface area contributed by atoms with Crippen LogP contribution in [0.5, 0.6) is 0 Å². The van der Waals surface area contributed by atoms with E-state index >= 15 is 0 Å². The summed E-state index contributed by atoms with van der Waals surface area (Å²) in [5.41, 5.74) is 6.13. The van der Waals surface area contributed by atoms with Crippen molar-refractivity contribution in [3.05, 3.63) is 12.0 Å². The summed E-state index contributed by atoms with van der Waals surface area (Å²) in [7, 11) is 0. The molecule has 5 nitrogen and oxygen atoms in total. The number of anilines is 1. The van der Waals surface area contributed by atoms with Gasteiger partial charge in [0.2, 0.25) is 0 Å². The van der Waals surface area contributed by atoms with E-state index in [1.165, 1.54) is 32.1 Å². The number of imidazole rings is 1. The number of nitrogen functional groups attached to an aromatic ring is 1. The van der Waals surface area contributed by atoms with Crippen molar-refractivity contribution in [3.8, 4) is 0 Å². The van der Waals surface area contributed by atoms with E-state index in [-0.39, 0.29) is 5.69 Å². The third kappa shape index (κ3) is 4.93. The molecule has 0 bridgehead atoms. The van der Waals surface area contributed by atoms with Crippen molar-refractivity contribution < 1.29 is 9.53 Å². The lowest BCUT2D eigenvalue weighted by Gasteiger charge is -2.05. The van der Waals surface area contributed by atoms with Crippen LogP contribution in [0.1, 0.15) is 62.9 Å². The molecule has 108 valence electrons. The summed E-state index contributed by atoms with van der Waals surface area (Å²) in [6.07, 6.45) is 8.99. The lowest BCUT2D eigenvalue weighted by Crippen LogP contribution is -2.10. The maximum absolute atomic E-state index is 11.5. The molecule has 1 rings (SSSR count). The highest BCUT2D eigenvalue weighted by Crippen LogP contribution is 2.13. The second kappa shape index (κ2) is 8.56. The Hall–Kier alpha value is -1.52. The van der Waals surface area contributed by atoms with Crippen LogP contribution < -0.4 is 5.73 Å². The van der Waals surface area contributed by atoms with Crippen molar-refractivity contribution in [1.82, 2.24) is 9.55 Å². The summed E-state index contributed by atoms with van der Waals surface area (Å²) in [5, 5.41) is 0. The minimum absolute atomic E-state index is 0.229. The number of aromatic nitrogens is 2. The van der Waals surface area contributed by atoms with Gasteiger partial charge in [0.25, 0.3) is 0 Å². The SMILES string of the molecule is CCCCCCCCn1cnc(C(=O)OCC)c1N. The van der Waals surface area contributed by atoms with E-state index in [0.29, 0.717) is 12.4 Å². The Bertz CT molecular complexity index is 388. The van der Waals surface area contributed by atoms with E-state index in [0.717, 1.165) is 13.0 Å². The van der Waals surface area contributed by atoms with Gasteiger partial charge < -0.3 is 15.0 Å². The quantitative estimate of drug-likeness (QED) is 0.551. The van der Waals surface area contributed by atoms with Crippen LogP contribution >= 0.6 is 0 Å². The van der Waals surface area contributed by atoms with E-state index in [1.807, 2.05) is 4.57 Å². The van der Waals surface area contributed by atoms with Crippen LogP contribution in [0.15, 0.2) is 6.33 Å². The first-order valence-electron chi connectivity index (χ1n) is 7.18. The normalized spacial score (nSPS) is 10.6. The minimum Gasteiger partial charge on any atom is -0.461 e. The van der Waals surface area contributed by atoms with Crippen LogP contribution in [0, 0.1) is 0 Å². The highest BCUT2D eigenvalue weighted by atomic mass is 16.5. The molecule has 0 aliphatic heterocycles. The molecular formula is C14H25N3O2. The summed E-state index contributed by atoms with van der Waals surface area (Å²) in [4.78, 5) is 15.6. The van der Waals surface area contributed by atoms with E-state index in [2.05, 4.69) is 11.9 Å². The molecule has 2 N–H and O–H groups in total. The fourth-order valence-corrected chi connectivity index (χ4v) is 1.99. The number of aryl methyl sites for hydroxylation is 1. The van der Waals surface area contributed by atoms with Gasteiger partial charge in [-0.3, -0.25) is 0 Å². The molecule has 1 aromatic rings. The fraction of sp³-hybridized carbons (Fsp3) is 0.714. The van der Waals surface area contributed by atoms with E-state index in [4.69, 9.17) is 10.5 Å². The first-order chi connectivity index (χ1) is 9.20. The number of nitrogens with two attached hydrogens (primary N) is 1. The minimum atomic E-state index is -0.443. The smallest absolute Gasteiger partial charge is 0.360 e. The number of hydrogen-bond donors (Lipinski definition) is 1. The van der Waals surface area contributed by atoms with Gasteiger partial charge in [0.1, 0.15) is 5.82 Å². The zero-order valence-electron chi connectivity index (χ0n) is 12.0. The second-order valence-electron chi connectivity index (χ2n) is 4.66. The van der Waals surface area contributed by atoms with Gasteiger partial charge in [-0.15, -0.1) is 0 Å². The van der Waals surface area contributed by atoms with Gasteiger partial charge in [-0.1, -0.05) is 39.0 Å². The molecule has 0 aliphatic carbocycles. The van der Waals surface area contributed by atoms with Crippen molar-refractivity contribution >= 4 is 11.8 Å². The van der Waals surface area contributed by atoms with Crippen LogP contribution in [-0.2, 0) is 11.3 Å². The van der Waals surface area contributed by atoms with E-state index < -0.39 is 5.97 Å². The van der Waals surface area contributed by atoms with Gasteiger partial charge in [0, 0.05) is 6.54 Å². The van der Waals surface area contributed by atoms with Crippen molar-refractivity contribution in [2.24, 2.45) is 0 Å². The number of rotatable bonds is 9. The molecule has 5 heteroatoms. The largest absolute Gasteiger partial charge is 0.461 e. The lowest BCUT2D eigenvalue weighted by atomic mass is 10.1. The molecule has 0 saturated heterocycles. The highest BCUT2D eigenvalue weighted by Gasteiger charge is 2.16. The Balaban J connectivity index is 2.37. The molecular weight excluding hydrogens is 242 g/mol. The fourth-order valence-electron chi connectivity index (χ4n) is 1.99. The lowest BCUT2D eigenvalue weighted by molar-refractivity contribution is 0.0521. The van der Waals surface area contributed by atoms with Crippen LogP contribution in [0.3, 0.4) is 0 Å². The molecule has 0 radical (unpaired) electrons. The van der Waals surface area contributed by atoms with Crippen LogP contribution in [0.2, 0.25) is 0 Å². The Morgan fingerprint density at radius 1 is 1.26 bits per heavy atom. The van der Waals surface area contributed by atoms with E-state index in [1.54, 1.807) is 13.3 Å². The molecule has 0 saturated carbocycles. The molecule has 0 unspecified atom stereocenters. The highest BCUT2D eigenvalue weighted by molar-refractivity contribution is 5.92. The predicted octanol–water partition coefficient (Wildman–Crippen LogP) is 3.00. The molecule has 0 amide bonds. The number of ether oxygens (including phenoxy) is 1. The van der Waals surface area contributed by atoms with Crippen molar-refractivity contribution in [1.29, 1.82) is 0 Å². The average molecular weight is 267 g/mol. The van der Waals surface area contributed by atoms with Gasteiger partial charge in [-0.05, 0) is 13.3 Å². The van der Waals surface area contributed by atoms with Crippen molar-refractivity contribution in [3.63, 3.8) is 0 Å². The Kier molecular flexibility index (Phi) is 7.00. The average Bonchev–Trinajstić information content (AvgIpc) is 2.75. The summed E-state index contributed by atoms with van der Waals surface area (Å²) >= 11 is 0. The maximum Gasteiger partial charge on any atom is 0.360 e. The monoisotopic (exact) mass is 267 g/mol. The molecule has 19 heavy (non-hydrogen) atoms. The van der Waals surface area contributed by atoms with Gasteiger partial charge in [-0.25, -0.2) is 9.78 Å². The standard InChI is InChI=1S/C14H25N3O2/c1-3-5-6-7-8-9-10-17-11-16-12(13(17)15)14(18)19-4-2/h11H,3-10,15H2,1-2H3. The molecule has 0 aromatic carbocycles. The van der Waals surface area contributed by atoms with Gasteiger partial charge in [-0.2, -0.15) is 0 Å². The Morgan fingerprint density at radius 2 is 1.95 bits per heavy atom. The first-order valence-corrected chi connectivity index (χ1v) is 7.18. The van der Waals surface area contributed by atoms with Crippen molar-refractivity contribution in [2.75, 3.05) is 12.3 Å². The van der Waals surface area contributed by atoms with Crippen molar-refractivity contribution in [2.45, 2.75) is 58.9 Å². The van der Waals surface area contributed by atoms with Gasteiger partial charge in [0.15, 0.2) is 5.69 Å².